The average molecular weight is 673 g/mol. The Morgan fingerprint density at radius 2 is 1.42 bits per heavy atom. The van der Waals surface area contributed by atoms with E-state index in [0.717, 1.165) is 0 Å². The second kappa shape index (κ2) is 9.12. The van der Waals surface area contributed by atoms with Crippen molar-refractivity contribution in [3.8, 4) is 0 Å². The highest BCUT2D eigenvalue weighted by molar-refractivity contribution is 14.1. The van der Waals surface area contributed by atoms with Crippen LogP contribution in [0.2, 0.25) is 0 Å². The van der Waals surface area contributed by atoms with E-state index in [-0.39, 0.29) is 33.9 Å². The number of rotatable bonds is 6. The van der Waals surface area contributed by atoms with Crippen molar-refractivity contribution in [2.45, 2.75) is 13.3 Å². The van der Waals surface area contributed by atoms with E-state index in [1.54, 1.807) is 74.7 Å². The van der Waals surface area contributed by atoms with E-state index in [4.69, 9.17) is 4.74 Å². The summed E-state index contributed by atoms with van der Waals surface area (Å²) in [7, 11) is 0. The fraction of sp³-hybridized carbons (Fsp3) is 0.231. The summed E-state index contributed by atoms with van der Waals surface area (Å²) >= 11 is 5.10. The molecule has 1 amide bonds. The molecule has 0 radical (unpaired) electrons. The van der Waals surface area contributed by atoms with Gasteiger partial charge >= 0.3 is 17.9 Å². The minimum atomic E-state index is -1.31. The molecular formula is C13H10I3NO7. The molecule has 8 nitrogen and oxygen atoms in total. The van der Waals surface area contributed by atoms with Crippen molar-refractivity contribution in [1.29, 1.82) is 0 Å². The van der Waals surface area contributed by atoms with E-state index in [9.17, 15) is 29.4 Å². The Labute approximate surface area is 177 Å². The van der Waals surface area contributed by atoms with Crippen LogP contribution in [0.4, 0.5) is 5.69 Å². The van der Waals surface area contributed by atoms with Crippen LogP contribution in [0.3, 0.4) is 0 Å². The molecule has 24 heavy (non-hydrogen) atoms. The van der Waals surface area contributed by atoms with Crippen LogP contribution in [0.5, 0.6) is 0 Å². The first-order valence-electron chi connectivity index (χ1n) is 6.24. The first kappa shape index (κ1) is 21.3. The highest BCUT2D eigenvalue weighted by Crippen LogP contribution is 2.35. The van der Waals surface area contributed by atoms with Gasteiger partial charge < -0.3 is 20.3 Å². The summed E-state index contributed by atoms with van der Waals surface area (Å²) in [6.45, 7) is 1.03. The molecule has 0 bridgehead atoms. The molecule has 1 aromatic rings. The highest BCUT2D eigenvalue weighted by atomic mass is 127. The molecule has 130 valence electrons. The molecule has 0 aromatic heterocycles. The molecule has 3 N–H and O–H groups in total. The Hall–Kier alpha value is -0.710. The molecule has 0 spiro atoms. The SMILES string of the molecule is CCC(=O)OCC(=O)Nc1c(I)c(C(=O)O)c(I)c(C(=O)O)c1I. The van der Waals surface area contributed by atoms with Crippen molar-refractivity contribution in [1.82, 2.24) is 0 Å². The van der Waals surface area contributed by atoms with Crippen LogP contribution in [-0.4, -0.2) is 40.6 Å². The van der Waals surface area contributed by atoms with Crippen LogP contribution in [0.25, 0.3) is 0 Å². The van der Waals surface area contributed by atoms with Crippen LogP contribution < -0.4 is 5.32 Å². The number of carbonyl (C=O) groups is 4. The molecule has 0 unspecified atom stereocenters. The Kier molecular flexibility index (Phi) is 8.10. The lowest BCUT2D eigenvalue weighted by molar-refractivity contribution is -0.146. The van der Waals surface area contributed by atoms with Crippen LogP contribution in [0, 0.1) is 10.7 Å². The van der Waals surface area contributed by atoms with Gasteiger partial charge in [-0.05, 0) is 67.8 Å². The lowest BCUT2D eigenvalue weighted by Gasteiger charge is -2.16. The normalized spacial score (nSPS) is 10.2. The topological polar surface area (TPSA) is 130 Å². The number of aromatic carboxylic acids is 2. The van der Waals surface area contributed by atoms with Crippen molar-refractivity contribution in [2.75, 3.05) is 11.9 Å². The number of esters is 1. The Balaban J connectivity index is 3.32. The van der Waals surface area contributed by atoms with Crippen LogP contribution in [-0.2, 0) is 14.3 Å². The monoisotopic (exact) mass is 673 g/mol. The molecule has 0 saturated heterocycles. The van der Waals surface area contributed by atoms with Gasteiger partial charge in [-0.15, -0.1) is 0 Å². The van der Waals surface area contributed by atoms with Crippen molar-refractivity contribution >= 4 is 97.3 Å². The number of hydrogen-bond donors (Lipinski definition) is 3. The molecule has 0 aliphatic carbocycles. The van der Waals surface area contributed by atoms with Gasteiger partial charge in [0.2, 0.25) is 0 Å². The number of halogens is 3. The number of ether oxygens (including phenoxy) is 1. The number of hydrogen-bond acceptors (Lipinski definition) is 5. The minimum Gasteiger partial charge on any atom is -0.478 e. The van der Waals surface area contributed by atoms with E-state index in [0.29, 0.717) is 0 Å². The van der Waals surface area contributed by atoms with Crippen molar-refractivity contribution in [2.24, 2.45) is 0 Å². The van der Waals surface area contributed by atoms with Crippen molar-refractivity contribution < 1.29 is 34.1 Å². The van der Waals surface area contributed by atoms with E-state index in [2.05, 4.69) is 5.32 Å². The van der Waals surface area contributed by atoms with Crippen LogP contribution in [0.15, 0.2) is 0 Å². The summed E-state index contributed by atoms with van der Waals surface area (Å²) in [5, 5.41) is 21.1. The van der Waals surface area contributed by atoms with Gasteiger partial charge in [0.25, 0.3) is 5.91 Å². The third-order valence-corrected chi connectivity index (χ3v) is 5.90. The predicted molar refractivity (Wildman–Crippen MR) is 108 cm³/mol. The summed E-state index contributed by atoms with van der Waals surface area (Å²) in [6.07, 6.45) is 0.109. The van der Waals surface area contributed by atoms with Gasteiger partial charge in [-0.3, -0.25) is 9.59 Å². The second-order valence-electron chi connectivity index (χ2n) is 4.24. The van der Waals surface area contributed by atoms with Gasteiger partial charge in [0.05, 0.1) is 24.0 Å². The highest BCUT2D eigenvalue weighted by Gasteiger charge is 2.28. The van der Waals surface area contributed by atoms with Gasteiger partial charge in [0, 0.05) is 9.99 Å². The quantitative estimate of drug-likeness (QED) is 0.313. The number of benzene rings is 1. The molecule has 0 heterocycles. The van der Waals surface area contributed by atoms with Gasteiger partial charge in [0.1, 0.15) is 0 Å². The molecule has 1 rings (SSSR count). The van der Waals surface area contributed by atoms with E-state index in [1.165, 1.54) is 0 Å². The average Bonchev–Trinajstić information content (AvgIpc) is 2.48. The molecule has 0 aliphatic rings. The summed E-state index contributed by atoms with van der Waals surface area (Å²) in [4.78, 5) is 45.8. The number of nitrogens with one attached hydrogen (secondary N) is 1. The number of carboxylic acids is 2. The smallest absolute Gasteiger partial charge is 0.337 e. The Morgan fingerprint density at radius 1 is 0.958 bits per heavy atom. The summed E-state index contributed by atoms with van der Waals surface area (Å²) in [5.41, 5.74) is -0.367. The van der Waals surface area contributed by atoms with Gasteiger partial charge in [-0.25, -0.2) is 9.59 Å². The third-order valence-electron chi connectivity index (χ3n) is 2.66. The van der Waals surface area contributed by atoms with Crippen molar-refractivity contribution in [3.63, 3.8) is 0 Å². The fourth-order valence-corrected chi connectivity index (χ4v) is 5.93. The number of anilines is 1. The molecule has 0 saturated carbocycles. The summed E-state index contributed by atoms with van der Waals surface area (Å²) < 4.78 is 5.14. The van der Waals surface area contributed by atoms with E-state index < -0.39 is 30.4 Å². The molecule has 1 aromatic carbocycles. The zero-order chi connectivity index (χ0) is 18.6. The lowest BCUT2D eigenvalue weighted by atomic mass is 10.1. The van der Waals surface area contributed by atoms with E-state index in [1.807, 2.05) is 0 Å². The maximum absolute atomic E-state index is 11.9. The molecule has 0 fully saturated rings. The first-order valence-corrected chi connectivity index (χ1v) is 9.47. The molecule has 0 aliphatic heterocycles. The van der Waals surface area contributed by atoms with Gasteiger partial charge in [0.15, 0.2) is 6.61 Å². The summed E-state index contributed by atoms with van der Waals surface area (Å²) in [5.74, 6) is -3.87. The van der Waals surface area contributed by atoms with Gasteiger partial charge in [-0.1, -0.05) is 6.92 Å². The first-order chi connectivity index (χ1) is 11.1. The largest absolute Gasteiger partial charge is 0.478 e. The van der Waals surface area contributed by atoms with Crippen LogP contribution in [0.1, 0.15) is 34.1 Å². The zero-order valence-corrected chi connectivity index (χ0v) is 18.5. The maximum atomic E-state index is 11.9. The van der Waals surface area contributed by atoms with Crippen LogP contribution >= 0.6 is 67.8 Å². The minimum absolute atomic E-state index is 0.0592. The van der Waals surface area contributed by atoms with E-state index >= 15 is 0 Å². The number of carbonyl (C=O) groups excluding carboxylic acids is 2. The fourth-order valence-electron chi connectivity index (χ4n) is 1.57. The van der Waals surface area contributed by atoms with Crippen molar-refractivity contribution in [3.05, 3.63) is 21.8 Å². The lowest BCUT2D eigenvalue weighted by Crippen LogP contribution is -2.23. The number of amides is 1. The van der Waals surface area contributed by atoms with Gasteiger partial charge in [-0.2, -0.15) is 0 Å². The standard InChI is InChI=1S/C13H10I3NO7/c1-2-5(19)24-3-4(18)17-11-9(15)6(12(20)21)8(14)7(10(11)16)13(22)23/h2-3H2,1H3,(H,17,18)(H,20,21)(H,22,23). The Bertz CT molecular complexity index is 692. The Morgan fingerprint density at radius 3 is 1.79 bits per heavy atom. The molecule has 11 heteroatoms. The molecule has 0 atom stereocenters. The maximum Gasteiger partial charge on any atom is 0.337 e. The summed E-state index contributed by atoms with van der Waals surface area (Å²) in [6, 6.07) is 0. The molecular weight excluding hydrogens is 663 g/mol. The number of carboxylic acid groups (broad SMARTS) is 2. The second-order valence-corrected chi connectivity index (χ2v) is 7.48. The predicted octanol–water partition coefficient (Wildman–Crippen LogP) is 2.79. The third kappa shape index (κ3) is 4.90. The zero-order valence-electron chi connectivity index (χ0n) is 12.0.